The molecule has 0 atom stereocenters. The average Bonchev–Trinajstić information content (AvgIpc) is 2.21. The van der Waals surface area contributed by atoms with E-state index in [9.17, 15) is 0 Å². The monoisotopic (exact) mass is 385 g/mol. The van der Waals surface area contributed by atoms with E-state index in [4.69, 9.17) is 8.25 Å². The Morgan fingerprint density at radius 2 is 1.69 bits per heavy atom. The maximum absolute atomic E-state index is 5.94. The van der Waals surface area contributed by atoms with Crippen LogP contribution in [0.2, 0.25) is 0 Å². The van der Waals surface area contributed by atoms with E-state index in [1.54, 1.807) is 0 Å². The Hall–Kier alpha value is 0.245. The molecule has 0 N–H and O–H groups in total. The molecular weight excluding hydrogens is 370 g/mol. The van der Waals surface area contributed by atoms with Gasteiger partial charge in [0.15, 0.2) is 0 Å². The van der Waals surface area contributed by atoms with E-state index in [-0.39, 0.29) is 0 Å². The first-order valence-corrected chi connectivity index (χ1v) is 14.2. The Morgan fingerprint density at radius 1 is 1.15 bits per heavy atom. The van der Waals surface area contributed by atoms with Gasteiger partial charge in [-0.15, -0.1) is 0 Å². The molecule has 0 bridgehead atoms. The van der Waals surface area contributed by atoms with Gasteiger partial charge in [0.1, 0.15) is 0 Å². The molecular formula is C10H14ClHgN. The molecule has 68 valence electrons. The zero-order valence-electron chi connectivity index (χ0n) is 8.26. The van der Waals surface area contributed by atoms with Crippen LogP contribution in [0.25, 0.3) is 0 Å². The average molecular weight is 384 g/mol. The van der Waals surface area contributed by atoms with E-state index in [0.29, 0.717) is 0 Å². The molecule has 1 nitrogen and oxygen atoms in total. The molecule has 0 fully saturated rings. The van der Waals surface area contributed by atoms with Crippen LogP contribution in [0, 0.1) is 0 Å². The summed E-state index contributed by atoms with van der Waals surface area (Å²) in [6.07, 6.45) is 0. The Kier molecular flexibility index (Phi) is 5.11. The number of halogens is 1. The molecule has 3 heteroatoms. The summed E-state index contributed by atoms with van der Waals surface area (Å²) in [6, 6.07) is 8.74. The summed E-state index contributed by atoms with van der Waals surface area (Å²) in [6.45, 7) is 6.50. The molecule has 0 radical (unpaired) electrons. The molecule has 0 aromatic heterocycles. The third kappa shape index (κ3) is 3.14. The summed E-state index contributed by atoms with van der Waals surface area (Å²) < 4.78 is 1.40. The molecule has 0 saturated heterocycles. The van der Waals surface area contributed by atoms with Crippen LogP contribution in [0.15, 0.2) is 24.3 Å². The Labute approximate surface area is 96.0 Å². The number of rotatable bonds is 4. The summed E-state index contributed by atoms with van der Waals surface area (Å²) in [5.74, 6) is 0. The molecule has 0 aliphatic heterocycles. The number of hydrogen-bond acceptors (Lipinski definition) is 1. The van der Waals surface area contributed by atoms with E-state index in [2.05, 4.69) is 43.0 Å². The quantitative estimate of drug-likeness (QED) is 0.721. The number of benzene rings is 1. The van der Waals surface area contributed by atoms with Gasteiger partial charge in [0.25, 0.3) is 0 Å². The van der Waals surface area contributed by atoms with Crippen molar-refractivity contribution in [3.05, 3.63) is 24.3 Å². The Morgan fingerprint density at radius 3 is 2.08 bits per heavy atom. The molecule has 0 spiro atoms. The first-order valence-electron chi connectivity index (χ1n) is 4.71. The standard InChI is InChI=1S/C10H14N.ClH.Hg/c1-3-11(4-2)10-8-6-5-7-9-10;;/h6-9H,3-4H2,1-2H3;1H;/q;;+1/p-1. The van der Waals surface area contributed by atoms with Gasteiger partial charge in [-0.2, -0.15) is 0 Å². The second-order valence-corrected chi connectivity index (χ2v) is 9.53. The zero-order chi connectivity index (χ0) is 9.68. The molecule has 1 aromatic rings. The van der Waals surface area contributed by atoms with Crippen LogP contribution in [-0.4, -0.2) is 13.1 Å². The summed E-state index contributed by atoms with van der Waals surface area (Å²) in [5.41, 5.74) is 1.31. The van der Waals surface area contributed by atoms with Crippen LogP contribution in [0.5, 0.6) is 0 Å². The van der Waals surface area contributed by atoms with Crippen molar-refractivity contribution in [1.82, 2.24) is 0 Å². The zero-order valence-corrected chi connectivity index (χ0v) is 14.5. The van der Waals surface area contributed by atoms with Crippen molar-refractivity contribution in [2.75, 3.05) is 18.0 Å². The Bertz CT molecular complexity index is 244. The summed E-state index contributed by atoms with van der Waals surface area (Å²) in [7, 11) is 5.94. The SMILES string of the molecule is CCN(CC)c1cc[c]([Hg][Cl])cc1. The second kappa shape index (κ2) is 5.87. The third-order valence-electron chi connectivity index (χ3n) is 2.22. The van der Waals surface area contributed by atoms with Gasteiger partial charge >= 0.3 is 96.5 Å². The molecule has 0 aliphatic rings. The number of hydrogen-bond donors (Lipinski definition) is 0. The first-order chi connectivity index (χ1) is 6.31. The van der Waals surface area contributed by atoms with Crippen molar-refractivity contribution in [2.24, 2.45) is 0 Å². The number of nitrogens with zero attached hydrogens (tertiary/aromatic N) is 1. The fourth-order valence-corrected chi connectivity index (χ4v) is 4.56. The van der Waals surface area contributed by atoms with Gasteiger partial charge in [-0.25, -0.2) is 0 Å². The molecule has 13 heavy (non-hydrogen) atoms. The minimum atomic E-state index is -1.17. The van der Waals surface area contributed by atoms with Gasteiger partial charge in [0.05, 0.1) is 0 Å². The van der Waals surface area contributed by atoms with Crippen LogP contribution >= 0.6 is 8.25 Å². The summed E-state index contributed by atoms with van der Waals surface area (Å²) >= 11 is -1.17. The fourth-order valence-electron chi connectivity index (χ4n) is 1.38. The van der Waals surface area contributed by atoms with Crippen LogP contribution < -0.4 is 7.97 Å². The van der Waals surface area contributed by atoms with E-state index in [0.717, 1.165) is 13.1 Å². The summed E-state index contributed by atoms with van der Waals surface area (Å²) in [5, 5.41) is 0. The summed E-state index contributed by atoms with van der Waals surface area (Å²) in [4.78, 5) is 2.34. The predicted octanol–water partition coefficient (Wildman–Crippen LogP) is 2.39. The maximum atomic E-state index is 5.94. The van der Waals surface area contributed by atoms with Crippen molar-refractivity contribution in [3.8, 4) is 0 Å². The second-order valence-electron chi connectivity index (χ2n) is 2.97. The molecule has 0 saturated carbocycles. The van der Waals surface area contributed by atoms with Gasteiger partial charge in [0.2, 0.25) is 0 Å². The van der Waals surface area contributed by atoms with Gasteiger partial charge in [-0.1, -0.05) is 0 Å². The van der Waals surface area contributed by atoms with Crippen LogP contribution in [0.4, 0.5) is 5.69 Å². The fraction of sp³-hybridized carbons (Fsp3) is 0.400. The van der Waals surface area contributed by atoms with E-state index >= 15 is 0 Å². The van der Waals surface area contributed by atoms with E-state index in [1.807, 2.05) is 0 Å². The van der Waals surface area contributed by atoms with E-state index in [1.165, 1.54) is 8.76 Å². The molecule has 0 amide bonds. The Balaban J connectivity index is 2.78. The molecule has 1 rings (SSSR count). The molecule has 1 aromatic carbocycles. The van der Waals surface area contributed by atoms with Crippen molar-refractivity contribution in [1.29, 1.82) is 0 Å². The molecule has 0 aliphatic carbocycles. The number of anilines is 1. The van der Waals surface area contributed by atoms with Crippen molar-refractivity contribution >= 4 is 17.0 Å². The minimum absolute atomic E-state index is 1.07. The van der Waals surface area contributed by atoms with Crippen molar-refractivity contribution in [3.63, 3.8) is 0 Å². The van der Waals surface area contributed by atoms with Crippen molar-refractivity contribution < 1.29 is 23.3 Å². The van der Waals surface area contributed by atoms with Crippen LogP contribution in [0.3, 0.4) is 0 Å². The normalized spacial score (nSPS) is 9.46. The van der Waals surface area contributed by atoms with Gasteiger partial charge < -0.3 is 0 Å². The molecule has 0 unspecified atom stereocenters. The van der Waals surface area contributed by atoms with Crippen LogP contribution in [-0.2, 0) is 23.3 Å². The first kappa shape index (κ1) is 11.3. The predicted molar refractivity (Wildman–Crippen MR) is 55.5 cm³/mol. The molecule has 0 heterocycles. The topological polar surface area (TPSA) is 3.24 Å². The van der Waals surface area contributed by atoms with Gasteiger partial charge in [-0.05, 0) is 0 Å². The van der Waals surface area contributed by atoms with Crippen molar-refractivity contribution in [2.45, 2.75) is 13.8 Å². The van der Waals surface area contributed by atoms with Gasteiger partial charge in [0, 0.05) is 0 Å². The van der Waals surface area contributed by atoms with Gasteiger partial charge in [-0.3, -0.25) is 0 Å². The van der Waals surface area contributed by atoms with E-state index < -0.39 is 23.3 Å². The van der Waals surface area contributed by atoms with Crippen LogP contribution in [0.1, 0.15) is 13.8 Å². The third-order valence-corrected chi connectivity index (χ3v) is 7.96.